The van der Waals surface area contributed by atoms with Crippen LogP contribution >= 0.6 is 50.7 Å². The van der Waals surface area contributed by atoms with Crippen LogP contribution in [0.15, 0.2) is 57.9 Å². The van der Waals surface area contributed by atoms with Crippen LogP contribution in [-0.2, 0) is 6.54 Å². The lowest BCUT2D eigenvalue weighted by molar-refractivity contribution is 0.801. The molecule has 0 unspecified atom stereocenters. The molecule has 128 valence electrons. The predicted octanol–water partition coefficient (Wildman–Crippen LogP) is 5.57. The van der Waals surface area contributed by atoms with Crippen molar-refractivity contribution in [3.8, 4) is 5.69 Å². The Kier molecular flexibility index (Phi) is 5.69. The number of rotatable bonds is 4. The van der Waals surface area contributed by atoms with Crippen molar-refractivity contribution in [3.63, 3.8) is 0 Å². The van der Waals surface area contributed by atoms with Crippen molar-refractivity contribution in [2.24, 2.45) is 0 Å². The van der Waals surface area contributed by atoms with Crippen LogP contribution in [0.3, 0.4) is 0 Å². The summed E-state index contributed by atoms with van der Waals surface area (Å²) in [5.41, 5.74) is 1.42. The van der Waals surface area contributed by atoms with Crippen molar-refractivity contribution < 1.29 is 0 Å². The van der Waals surface area contributed by atoms with Crippen LogP contribution in [0.2, 0.25) is 15.1 Å². The molecule has 0 radical (unpaired) electrons. The number of anilines is 1. The zero-order valence-electron chi connectivity index (χ0n) is 12.6. The number of hydrogen-bond acceptors (Lipinski definition) is 3. The first kappa shape index (κ1) is 18.3. The summed E-state index contributed by atoms with van der Waals surface area (Å²) >= 11 is 21.8. The SMILES string of the molecule is O=c1c(Br)c(NCc2ccccc2Cl)cnn1-c1c(Cl)cccc1Cl. The summed E-state index contributed by atoms with van der Waals surface area (Å²) in [6, 6.07) is 12.5. The Morgan fingerprint density at radius 3 is 2.32 bits per heavy atom. The van der Waals surface area contributed by atoms with E-state index in [4.69, 9.17) is 34.8 Å². The highest BCUT2D eigenvalue weighted by Crippen LogP contribution is 2.28. The molecular formula is C17H11BrCl3N3O. The van der Waals surface area contributed by atoms with Gasteiger partial charge in [-0.05, 0) is 39.7 Å². The maximum atomic E-state index is 12.6. The summed E-state index contributed by atoms with van der Waals surface area (Å²) in [5, 5.41) is 8.65. The van der Waals surface area contributed by atoms with Gasteiger partial charge in [-0.1, -0.05) is 59.1 Å². The normalized spacial score (nSPS) is 10.7. The van der Waals surface area contributed by atoms with Gasteiger partial charge < -0.3 is 5.32 Å². The molecule has 1 heterocycles. The van der Waals surface area contributed by atoms with Gasteiger partial charge in [-0.25, -0.2) is 0 Å². The second kappa shape index (κ2) is 7.79. The van der Waals surface area contributed by atoms with E-state index in [2.05, 4.69) is 26.3 Å². The number of nitrogens with one attached hydrogen (secondary N) is 1. The molecule has 0 bridgehead atoms. The smallest absolute Gasteiger partial charge is 0.288 e. The number of nitrogens with zero attached hydrogens (tertiary/aromatic N) is 2. The maximum Gasteiger partial charge on any atom is 0.288 e. The van der Waals surface area contributed by atoms with E-state index in [1.807, 2.05) is 24.3 Å². The highest BCUT2D eigenvalue weighted by molar-refractivity contribution is 9.10. The van der Waals surface area contributed by atoms with E-state index >= 15 is 0 Å². The van der Waals surface area contributed by atoms with Gasteiger partial charge in [0.25, 0.3) is 5.56 Å². The molecule has 1 aromatic heterocycles. The van der Waals surface area contributed by atoms with Crippen molar-refractivity contribution in [1.29, 1.82) is 0 Å². The van der Waals surface area contributed by atoms with Crippen molar-refractivity contribution >= 4 is 56.4 Å². The highest BCUT2D eigenvalue weighted by Gasteiger charge is 2.15. The lowest BCUT2D eigenvalue weighted by atomic mass is 10.2. The molecule has 3 aromatic rings. The van der Waals surface area contributed by atoms with Gasteiger partial charge in [0.05, 0.1) is 21.9 Å². The summed E-state index contributed by atoms with van der Waals surface area (Å²) < 4.78 is 1.49. The number of halogens is 4. The fourth-order valence-electron chi connectivity index (χ4n) is 2.24. The standard InChI is InChI=1S/C17H11BrCl3N3O/c18-15-14(22-8-10-4-1-2-5-11(10)19)9-23-24(17(15)25)16-12(20)6-3-7-13(16)21/h1-7,9,22H,8H2. The molecule has 2 aromatic carbocycles. The molecule has 0 aliphatic carbocycles. The Hall–Kier alpha value is -1.53. The molecule has 3 rings (SSSR count). The molecule has 0 saturated carbocycles. The van der Waals surface area contributed by atoms with E-state index in [0.717, 1.165) is 10.2 Å². The fourth-order valence-corrected chi connectivity index (χ4v) is 3.41. The number of benzene rings is 2. The monoisotopic (exact) mass is 457 g/mol. The Bertz CT molecular complexity index is 971. The zero-order valence-corrected chi connectivity index (χ0v) is 16.5. The molecule has 0 atom stereocenters. The van der Waals surface area contributed by atoms with E-state index < -0.39 is 0 Å². The summed E-state index contributed by atoms with van der Waals surface area (Å²) in [6.45, 7) is 0.455. The van der Waals surface area contributed by atoms with Gasteiger partial charge in [0.15, 0.2) is 0 Å². The first-order valence-electron chi connectivity index (χ1n) is 7.18. The minimum atomic E-state index is -0.376. The minimum absolute atomic E-state index is 0.325. The molecule has 0 aliphatic heterocycles. The van der Waals surface area contributed by atoms with Gasteiger partial charge in [-0.2, -0.15) is 9.78 Å². The third-order valence-electron chi connectivity index (χ3n) is 3.50. The van der Waals surface area contributed by atoms with Crippen LogP contribution in [0.4, 0.5) is 5.69 Å². The van der Waals surface area contributed by atoms with Crippen LogP contribution in [0.5, 0.6) is 0 Å². The van der Waals surface area contributed by atoms with Gasteiger partial charge >= 0.3 is 0 Å². The van der Waals surface area contributed by atoms with Gasteiger partial charge in [-0.15, -0.1) is 0 Å². The molecule has 8 heteroatoms. The van der Waals surface area contributed by atoms with E-state index in [-0.39, 0.29) is 5.56 Å². The van der Waals surface area contributed by atoms with Crippen molar-refractivity contribution in [1.82, 2.24) is 9.78 Å². The van der Waals surface area contributed by atoms with Crippen molar-refractivity contribution in [2.75, 3.05) is 5.32 Å². The first-order valence-corrected chi connectivity index (χ1v) is 9.11. The second-order valence-electron chi connectivity index (χ2n) is 5.10. The maximum absolute atomic E-state index is 12.6. The average Bonchev–Trinajstić information content (AvgIpc) is 2.59. The lowest BCUT2D eigenvalue weighted by Crippen LogP contribution is -2.23. The predicted molar refractivity (Wildman–Crippen MR) is 106 cm³/mol. The fraction of sp³-hybridized carbons (Fsp3) is 0.0588. The first-order chi connectivity index (χ1) is 12.0. The van der Waals surface area contributed by atoms with Crippen LogP contribution in [0, 0.1) is 0 Å². The molecule has 0 saturated heterocycles. The van der Waals surface area contributed by atoms with Crippen LogP contribution in [-0.4, -0.2) is 9.78 Å². The van der Waals surface area contributed by atoms with E-state index in [0.29, 0.717) is 37.5 Å². The van der Waals surface area contributed by atoms with Gasteiger partial charge in [0.1, 0.15) is 10.2 Å². The Morgan fingerprint density at radius 2 is 1.64 bits per heavy atom. The van der Waals surface area contributed by atoms with Crippen LogP contribution in [0.1, 0.15) is 5.56 Å². The topological polar surface area (TPSA) is 46.9 Å². The van der Waals surface area contributed by atoms with E-state index in [9.17, 15) is 4.79 Å². The number of para-hydroxylation sites is 1. The Balaban J connectivity index is 1.94. The largest absolute Gasteiger partial charge is 0.379 e. The second-order valence-corrected chi connectivity index (χ2v) is 7.12. The average molecular weight is 460 g/mol. The summed E-state index contributed by atoms with van der Waals surface area (Å²) in [6.07, 6.45) is 1.53. The lowest BCUT2D eigenvalue weighted by Gasteiger charge is -2.13. The number of aromatic nitrogens is 2. The van der Waals surface area contributed by atoms with Crippen LogP contribution in [0.25, 0.3) is 5.69 Å². The quantitative estimate of drug-likeness (QED) is 0.555. The van der Waals surface area contributed by atoms with Crippen LogP contribution < -0.4 is 10.9 Å². The third-order valence-corrected chi connectivity index (χ3v) is 5.24. The summed E-state index contributed by atoms with van der Waals surface area (Å²) in [7, 11) is 0. The molecule has 0 amide bonds. The number of hydrogen-bond donors (Lipinski definition) is 1. The molecule has 0 fully saturated rings. The van der Waals surface area contributed by atoms with Gasteiger partial charge in [0, 0.05) is 11.6 Å². The van der Waals surface area contributed by atoms with E-state index in [1.165, 1.54) is 6.20 Å². The molecule has 0 spiro atoms. The van der Waals surface area contributed by atoms with Crippen molar-refractivity contribution in [3.05, 3.63) is 84.1 Å². The van der Waals surface area contributed by atoms with E-state index in [1.54, 1.807) is 18.2 Å². The third kappa shape index (κ3) is 3.85. The molecular weight excluding hydrogens is 448 g/mol. The molecule has 4 nitrogen and oxygen atoms in total. The summed E-state index contributed by atoms with van der Waals surface area (Å²) in [4.78, 5) is 12.6. The molecule has 0 aliphatic rings. The molecule has 1 N–H and O–H groups in total. The highest BCUT2D eigenvalue weighted by atomic mass is 79.9. The zero-order chi connectivity index (χ0) is 18.0. The Labute approximate surface area is 167 Å². The Morgan fingerprint density at radius 1 is 1.00 bits per heavy atom. The van der Waals surface area contributed by atoms with Gasteiger partial charge in [0.2, 0.25) is 0 Å². The van der Waals surface area contributed by atoms with Crippen molar-refractivity contribution in [2.45, 2.75) is 6.54 Å². The summed E-state index contributed by atoms with van der Waals surface area (Å²) in [5.74, 6) is 0. The molecule has 25 heavy (non-hydrogen) atoms. The van der Waals surface area contributed by atoms with Gasteiger partial charge in [-0.3, -0.25) is 4.79 Å². The minimum Gasteiger partial charge on any atom is -0.379 e.